The Morgan fingerprint density at radius 3 is 1.07 bits per heavy atom. The Morgan fingerprint density at radius 1 is 0.219 bits per heavy atom. The first-order valence-corrected chi connectivity index (χ1v) is 36.7. The van der Waals surface area contributed by atoms with Crippen molar-refractivity contribution >= 4 is 143 Å². The van der Waals surface area contributed by atoms with Gasteiger partial charge in [-0.15, -0.1) is 0 Å². The van der Waals surface area contributed by atoms with Gasteiger partial charge in [0.1, 0.15) is 5.82 Å². The van der Waals surface area contributed by atoms with E-state index in [0.717, 1.165) is 145 Å². The lowest BCUT2D eigenvalue weighted by Crippen LogP contribution is -2.64. The molecule has 9 heteroatoms. The van der Waals surface area contributed by atoms with Crippen LogP contribution in [0.15, 0.2) is 398 Å². The van der Waals surface area contributed by atoms with Crippen LogP contribution < -0.4 is 57.3 Å². The second-order valence-electron chi connectivity index (χ2n) is 27.3. The summed E-state index contributed by atoms with van der Waals surface area (Å²) in [6.07, 6.45) is 0. The number of hydrogen-bond acceptors (Lipinski definition) is 6. The van der Waals surface area contributed by atoms with Crippen molar-refractivity contribution in [3.05, 3.63) is 394 Å². The molecule has 0 aliphatic carbocycles. The van der Waals surface area contributed by atoms with Gasteiger partial charge in [0.15, 0.2) is 0 Å². The molecule has 5 nitrogen and oxygen atoms in total. The van der Waals surface area contributed by atoms with Gasteiger partial charge in [-0.2, -0.15) is 0 Å². The summed E-state index contributed by atoms with van der Waals surface area (Å²) >= 11 is 1.82. The number of hydrogen-bond donors (Lipinski definition) is 0. The fraction of sp³-hybridized carbons (Fsp3) is 0. The molecular weight excluding hydrogens is 1300 g/mol. The quantitative estimate of drug-likeness (QED) is 0.106. The topological polar surface area (TPSA) is 16.2 Å². The molecule has 0 unspecified atom stereocenters. The molecule has 492 valence electrons. The van der Waals surface area contributed by atoms with Gasteiger partial charge >= 0.3 is 0 Å². The summed E-state index contributed by atoms with van der Waals surface area (Å²) in [6, 6.07) is 140. The third-order valence-electron chi connectivity index (χ3n) is 21.3. The number of anilines is 15. The van der Waals surface area contributed by atoms with Crippen LogP contribution in [0.1, 0.15) is 0 Å². The lowest BCUT2D eigenvalue weighted by atomic mass is 9.31. The molecule has 0 saturated carbocycles. The van der Waals surface area contributed by atoms with Gasteiger partial charge in [-0.25, -0.2) is 4.39 Å². The van der Waals surface area contributed by atoms with Crippen LogP contribution in [-0.2, 0) is 0 Å². The van der Waals surface area contributed by atoms with E-state index in [1.54, 1.807) is 12.1 Å². The maximum atomic E-state index is 18.0. The molecule has 0 amide bonds. The predicted molar refractivity (Wildman–Crippen MR) is 441 cm³/mol. The number of halogens is 1. The molecule has 0 N–H and O–H groups in total. The molecule has 20 rings (SSSR count). The van der Waals surface area contributed by atoms with Gasteiger partial charge in [-0.3, -0.25) is 0 Å². The molecule has 0 bridgehead atoms. The van der Waals surface area contributed by atoms with Crippen molar-refractivity contribution in [2.24, 2.45) is 0 Å². The molecule has 16 aromatic carbocycles. The number of rotatable bonds is 13. The van der Waals surface area contributed by atoms with Gasteiger partial charge in [-0.1, -0.05) is 278 Å². The van der Waals surface area contributed by atoms with Crippen LogP contribution >= 0.6 is 11.8 Å². The molecule has 0 fully saturated rings. The van der Waals surface area contributed by atoms with Crippen molar-refractivity contribution in [3.63, 3.8) is 0 Å². The summed E-state index contributed by atoms with van der Waals surface area (Å²) in [5, 5.41) is 0. The average molecular weight is 1360 g/mol. The predicted octanol–water partition coefficient (Wildman–Crippen LogP) is 22.3. The summed E-state index contributed by atoms with van der Waals surface area (Å²) in [6.45, 7) is -0.481. The zero-order chi connectivity index (χ0) is 69.5. The van der Waals surface area contributed by atoms with E-state index < -0.39 is 0 Å². The Labute approximate surface area is 616 Å². The molecule has 4 aliphatic rings. The van der Waals surface area contributed by atoms with E-state index in [9.17, 15) is 0 Å². The molecule has 4 heterocycles. The highest BCUT2D eigenvalue weighted by atomic mass is 32.2. The Bertz CT molecular complexity index is 5990. The van der Waals surface area contributed by atoms with Crippen LogP contribution in [0.3, 0.4) is 0 Å². The lowest BCUT2D eigenvalue weighted by molar-refractivity contribution is 0.629. The van der Waals surface area contributed by atoms with Crippen molar-refractivity contribution in [2.45, 2.75) is 9.79 Å². The highest BCUT2D eigenvalue weighted by Crippen LogP contribution is 2.52. The molecule has 0 saturated heterocycles. The van der Waals surface area contributed by atoms with Crippen LogP contribution in [0.5, 0.6) is 0 Å². The summed E-state index contributed by atoms with van der Waals surface area (Å²) in [7, 11) is 0. The fourth-order valence-electron chi connectivity index (χ4n) is 16.6. The molecule has 0 spiro atoms. The minimum Gasteiger partial charge on any atom is -0.311 e. The maximum absolute atomic E-state index is 18.0. The highest BCUT2D eigenvalue weighted by molar-refractivity contribution is 8.00. The Hall–Kier alpha value is -13.1. The van der Waals surface area contributed by atoms with E-state index in [0.29, 0.717) is 5.69 Å². The van der Waals surface area contributed by atoms with Crippen LogP contribution in [0, 0.1) is 5.82 Å². The summed E-state index contributed by atoms with van der Waals surface area (Å²) in [5.41, 5.74) is 30.8. The minimum atomic E-state index is -0.318. The standard InChI is InChI=1S/C96H64B2FN5S/c99-85-45-21-24-48-88(85)104-89-64-93-84(98-82-44-20-23-47-87(82)103(74-39-17-6-18-40-74)92-61-80(62-94(105-93)96(92)98)101(76-55-51-70(52-56-76)66-29-9-2-10-30-66)78-42-26-36-72(58-78)68-33-13-4-14-34-68)63-83(89)97-81-43-19-22-46-86(81)102(73-37-15-5-16-38-73)90-59-79(60-91(104)95(90)97)100(75-53-49-69(50-54-75)65-27-7-1-8-28-65)77-41-25-35-71(57-77)67-31-11-3-12-32-67/h1-64H. The Kier molecular flexibility index (Phi) is 15.2. The number of benzene rings is 16. The number of nitrogens with zero attached hydrogens (tertiary/aromatic N) is 5. The lowest BCUT2D eigenvalue weighted by Gasteiger charge is -2.46. The molecular formula is C96H64B2FN5S. The summed E-state index contributed by atoms with van der Waals surface area (Å²) in [4.78, 5) is 14.3. The SMILES string of the molecule is Fc1ccccc1N1c2cc3c(cc2B2c4ccccc4N(c4ccccc4)c4cc(N(c5ccc(-c6ccccc6)cc5)c5cccc(-c6ccccc6)c5)cc1c42)B1c2ccccc2N(c2ccccc2)c2cc(N(c4ccc(-c5ccccc5)cc4)c4cccc(-c5ccccc5)c4)cc(c21)S3. The molecule has 105 heavy (non-hydrogen) atoms. The van der Waals surface area contributed by atoms with E-state index in [1.807, 2.05) is 23.9 Å². The molecule has 0 aromatic heterocycles. The van der Waals surface area contributed by atoms with E-state index in [-0.39, 0.29) is 19.2 Å². The molecule has 0 atom stereocenters. The first-order valence-electron chi connectivity index (χ1n) is 35.9. The average Bonchev–Trinajstić information content (AvgIpc) is 0.687. The highest BCUT2D eigenvalue weighted by Gasteiger charge is 2.48. The van der Waals surface area contributed by atoms with Crippen molar-refractivity contribution in [1.29, 1.82) is 0 Å². The molecule has 16 aromatic rings. The van der Waals surface area contributed by atoms with Crippen molar-refractivity contribution < 1.29 is 4.39 Å². The van der Waals surface area contributed by atoms with Gasteiger partial charge in [-0.05, 0) is 199 Å². The van der Waals surface area contributed by atoms with Gasteiger partial charge in [0.2, 0.25) is 6.71 Å². The second-order valence-corrected chi connectivity index (χ2v) is 28.4. The maximum Gasteiger partial charge on any atom is 0.252 e. The van der Waals surface area contributed by atoms with Crippen LogP contribution in [0.2, 0.25) is 0 Å². The van der Waals surface area contributed by atoms with Crippen molar-refractivity contribution in [2.75, 3.05) is 24.5 Å². The van der Waals surface area contributed by atoms with Gasteiger partial charge in [0.05, 0.1) is 11.4 Å². The van der Waals surface area contributed by atoms with Crippen LogP contribution in [0.4, 0.5) is 89.7 Å². The number of fused-ring (bicyclic) bond motifs is 8. The largest absolute Gasteiger partial charge is 0.311 e. The Morgan fingerprint density at radius 2 is 0.590 bits per heavy atom. The van der Waals surface area contributed by atoms with E-state index in [4.69, 9.17) is 0 Å². The smallest absolute Gasteiger partial charge is 0.252 e. The zero-order valence-corrected chi connectivity index (χ0v) is 57.9. The molecule has 0 radical (unpaired) electrons. The Balaban J connectivity index is 0.836. The first kappa shape index (κ1) is 61.8. The van der Waals surface area contributed by atoms with Crippen molar-refractivity contribution in [3.8, 4) is 44.5 Å². The van der Waals surface area contributed by atoms with Gasteiger partial charge in [0.25, 0.3) is 6.71 Å². The van der Waals surface area contributed by atoms with E-state index >= 15 is 4.39 Å². The first-order chi connectivity index (χ1) is 52.0. The third kappa shape index (κ3) is 10.6. The molecule has 4 aliphatic heterocycles. The normalized spacial score (nSPS) is 12.7. The number of para-hydroxylation sites is 5. The van der Waals surface area contributed by atoms with E-state index in [2.05, 4.69) is 388 Å². The third-order valence-corrected chi connectivity index (χ3v) is 22.4. The van der Waals surface area contributed by atoms with E-state index in [1.165, 1.54) is 21.9 Å². The summed E-state index contributed by atoms with van der Waals surface area (Å²) < 4.78 is 18.0. The second kappa shape index (κ2) is 25.8. The monoisotopic (exact) mass is 1360 g/mol. The van der Waals surface area contributed by atoms with Crippen molar-refractivity contribution in [1.82, 2.24) is 0 Å². The van der Waals surface area contributed by atoms with Crippen LogP contribution in [-0.4, -0.2) is 13.4 Å². The van der Waals surface area contributed by atoms with Gasteiger partial charge in [0, 0.05) is 83.7 Å². The fourth-order valence-corrected chi connectivity index (χ4v) is 17.9. The summed E-state index contributed by atoms with van der Waals surface area (Å²) in [5.74, 6) is -0.318. The minimum absolute atomic E-state index is 0.194. The zero-order valence-electron chi connectivity index (χ0n) is 57.1. The van der Waals surface area contributed by atoms with Crippen LogP contribution in [0.25, 0.3) is 44.5 Å². The van der Waals surface area contributed by atoms with Gasteiger partial charge < -0.3 is 24.5 Å².